The smallest absolute Gasteiger partial charge is 0.252 e. The first kappa shape index (κ1) is 23.5. The number of H-pyrrole nitrogens is 1. The van der Waals surface area contributed by atoms with E-state index < -0.39 is 0 Å². The molecule has 1 N–H and O–H groups in total. The third-order valence-corrected chi connectivity index (χ3v) is 7.24. The molecule has 0 radical (unpaired) electrons. The molecule has 4 aromatic rings. The van der Waals surface area contributed by atoms with Gasteiger partial charge in [0.1, 0.15) is 12.3 Å². The van der Waals surface area contributed by atoms with E-state index in [1.165, 1.54) is 18.4 Å². The maximum atomic E-state index is 13.2. The summed E-state index contributed by atoms with van der Waals surface area (Å²) in [6.45, 7) is 7.41. The number of tetrazole rings is 1. The van der Waals surface area contributed by atoms with Gasteiger partial charge in [-0.1, -0.05) is 32.3 Å². The molecule has 0 unspecified atom stereocenters. The highest BCUT2D eigenvalue weighted by atomic mass is 16.3. The van der Waals surface area contributed by atoms with E-state index in [0.717, 1.165) is 59.3 Å². The van der Waals surface area contributed by atoms with Crippen LogP contribution in [-0.2, 0) is 13.1 Å². The fraction of sp³-hybridized carbons (Fsp3) is 0.481. The number of aryl methyl sites for hydroxylation is 2. The summed E-state index contributed by atoms with van der Waals surface area (Å²) in [5, 5.41) is 13.9. The third kappa shape index (κ3) is 4.93. The van der Waals surface area contributed by atoms with Crippen molar-refractivity contribution in [3.05, 3.63) is 75.2 Å². The summed E-state index contributed by atoms with van der Waals surface area (Å²) in [7, 11) is 0. The van der Waals surface area contributed by atoms with Crippen LogP contribution in [0.4, 0.5) is 0 Å². The summed E-state index contributed by atoms with van der Waals surface area (Å²) < 4.78 is 7.40. The Kier molecular flexibility index (Phi) is 6.81. The van der Waals surface area contributed by atoms with Gasteiger partial charge in [-0.25, -0.2) is 4.68 Å². The molecule has 1 aromatic carbocycles. The highest BCUT2D eigenvalue weighted by Gasteiger charge is 2.33. The van der Waals surface area contributed by atoms with Crippen LogP contribution in [-0.4, -0.2) is 36.1 Å². The molecule has 35 heavy (non-hydrogen) atoms. The van der Waals surface area contributed by atoms with Gasteiger partial charge in [-0.05, 0) is 78.9 Å². The van der Waals surface area contributed by atoms with E-state index in [0.29, 0.717) is 19.1 Å². The van der Waals surface area contributed by atoms with Crippen LogP contribution in [0.1, 0.15) is 79.8 Å². The van der Waals surface area contributed by atoms with Crippen molar-refractivity contribution in [2.24, 2.45) is 0 Å². The molecular formula is C27H34N6O2. The number of nitrogens with one attached hydrogen (secondary N) is 1. The zero-order valence-corrected chi connectivity index (χ0v) is 20.8. The lowest BCUT2D eigenvalue weighted by Gasteiger charge is -2.35. The van der Waals surface area contributed by atoms with Gasteiger partial charge in [0, 0.05) is 29.1 Å². The molecule has 1 saturated carbocycles. The minimum absolute atomic E-state index is 0.0160. The number of aromatic nitrogens is 5. The Morgan fingerprint density at radius 1 is 1.23 bits per heavy atom. The van der Waals surface area contributed by atoms with Crippen molar-refractivity contribution in [1.29, 1.82) is 0 Å². The summed E-state index contributed by atoms with van der Waals surface area (Å²) >= 11 is 0. The number of rotatable bonds is 9. The minimum atomic E-state index is -0.0177. The molecule has 0 spiro atoms. The predicted molar refractivity (Wildman–Crippen MR) is 135 cm³/mol. The second-order valence-corrected chi connectivity index (χ2v) is 9.86. The second kappa shape index (κ2) is 10.2. The predicted octanol–water partition coefficient (Wildman–Crippen LogP) is 5.06. The number of hydrogen-bond donors (Lipinski definition) is 1. The van der Waals surface area contributed by atoms with Gasteiger partial charge < -0.3 is 9.40 Å². The van der Waals surface area contributed by atoms with Crippen LogP contribution in [0.25, 0.3) is 10.9 Å². The van der Waals surface area contributed by atoms with Crippen molar-refractivity contribution in [1.82, 2.24) is 30.1 Å². The Morgan fingerprint density at radius 3 is 2.80 bits per heavy atom. The van der Waals surface area contributed by atoms with E-state index in [2.05, 4.69) is 58.3 Å². The molecule has 0 bridgehead atoms. The lowest BCUT2D eigenvalue weighted by atomic mass is 10.0. The normalized spacial score (nSPS) is 15.4. The number of fused-ring (bicyclic) bond motifs is 1. The third-order valence-electron chi connectivity index (χ3n) is 7.24. The van der Waals surface area contributed by atoms with Crippen LogP contribution in [0, 0.1) is 13.8 Å². The van der Waals surface area contributed by atoms with Gasteiger partial charge in [0.25, 0.3) is 5.56 Å². The Balaban J connectivity index is 1.53. The Labute approximate surface area is 205 Å². The van der Waals surface area contributed by atoms with Crippen molar-refractivity contribution in [3.8, 4) is 0 Å². The molecule has 3 aromatic heterocycles. The number of furan rings is 1. The van der Waals surface area contributed by atoms with Crippen LogP contribution in [0.5, 0.6) is 0 Å². The molecule has 1 fully saturated rings. The average Bonchev–Trinajstić information content (AvgIpc) is 3.60. The summed E-state index contributed by atoms with van der Waals surface area (Å²) in [6, 6.07) is 10.5. The van der Waals surface area contributed by atoms with Crippen molar-refractivity contribution in [2.45, 2.75) is 84.5 Å². The molecule has 0 saturated heterocycles. The van der Waals surface area contributed by atoms with Crippen molar-refractivity contribution >= 4 is 10.9 Å². The highest BCUT2D eigenvalue weighted by molar-refractivity contribution is 5.83. The maximum absolute atomic E-state index is 13.2. The van der Waals surface area contributed by atoms with Crippen LogP contribution < -0.4 is 5.56 Å². The molecule has 0 amide bonds. The first-order valence-electron chi connectivity index (χ1n) is 12.7. The van der Waals surface area contributed by atoms with Crippen LogP contribution in [0.3, 0.4) is 0 Å². The Bertz CT molecular complexity index is 1330. The summed E-state index contributed by atoms with van der Waals surface area (Å²) in [5.41, 5.74) is 4.00. The van der Waals surface area contributed by atoms with Gasteiger partial charge in [-0.15, -0.1) is 5.10 Å². The topological polar surface area (TPSA) is 92.8 Å². The highest BCUT2D eigenvalue weighted by Crippen LogP contribution is 2.34. The maximum Gasteiger partial charge on any atom is 0.252 e. The quantitative estimate of drug-likeness (QED) is 0.365. The molecular weight excluding hydrogens is 440 g/mol. The molecule has 8 heteroatoms. The number of benzene rings is 1. The lowest BCUT2D eigenvalue weighted by Crippen LogP contribution is -2.39. The number of nitrogens with zero attached hydrogens (tertiary/aromatic N) is 5. The molecule has 1 aliphatic rings. The monoisotopic (exact) mass is 474 g/mol. The van der Waals surface area contributed by atoms with E-state index in [9.17, 15) is 4.79 Å². The molecule has 1 atom stereocenters. The largest absolute Gasteiger partial charge is 0.467 e. The van der Waals surface area contributed by atoms with Gasteiger partial charge in [0.15, 0.2) is 5.82 Å². The zero-order chi connectivity index (χ0) is 24.4. The van der Waals surface area contributed by atoms with Crippen molar-refractivity contribution in [3.63, 3.8) is 0 Å². The summed E-state index contributed by atoms with van der Waals surface area (Å²) in [4.78, 5) is 18.8. The van der Waals surface area contributed by atoms with Crippen molar-refractivity contribution < 1.29 is 4.42 Å². The van der Waals surface area contributed by atoms with Gasteiger partial charge in [0.05, 0.1) is 12.3 Å². The second-order valence-electron chi connectivity index (χ2n) is 9.86. The SMILES string of the molecule is CCC[C@@H](c1nnnn1Cc1ccco1)N(Cc1cc2c(C)cc(C)cc2[nH]c1=O)C1CCCC1. The van der Waals surface area contributed by atoms with Crippen LogP contribution in [0.2, 0.25) is 0 Å². The minimum Gasteiger partial charge on any atom is -0.467 e. The first-order valence-corrected chi connectivity index (χ1v) is 12.7. The van der Waals surface area contributed by atoms with E-state index in [4.69, 9.17) is 4.42 Å². The Hall–Kier alpha value is -3.26. The Morgan fingerprint density at radius 2 is 2.06 bits per heavy atom. The molecule has 184 valence electrons. The average molecular weight is 475 g/mol. The van der Waals surface area contributed by atoms with Gasteiger partial charge >= 0.3 is 0 Å². The summed E-state index contributed by atoms with van der Waals surface area (Å²) in [5.74, 6) is 1.65. The number of hydrogen-bond acceptors (Lipinski definition) is 6. The molecule has 1 aliphatic carbocycles. The van der Waals surface area contributed by atoms with E-state index in [1.54, 1.807) is 6.26 Å². The van der Waals surface area contributed by atoms with Crippen LogP contribution >= 0.6 is 0 Å². The van der Waals surface area contributed by atoms with E-state index in [1.807, 2.05) is 22.9 Å². The zero-order valence-electron chi connectivity index (χ0n) is 20.8. The van der Waals surface area contributed by atoms with Gasteiger partial charge in [0.2, 0.25) is 0 Å². The van der Waals surface area contributed by atoms with Crippen molar-refractivity contribution in [2.75, 3.05) is 0 Å². The first-order chi connectivity index (χ1) is 17.0. The van der Waals surface area contributed by atoms with E-state index >= 15 is 0 Å². The number of aromatic amines is 1. The number of pyridine rings is 1. The van der Waals surface area contributed by atoms with E-state index in [-0.39, 0.29) is 11.6 Å². The van der Waals surface area contributed by atoms with Gasteiger partial charge in [-0.2, -0.15) is 0 Å². The molecule has 5 rings (SSSR count). The lowest BCUT2D eigenvalue weighted by molar-refractivity contribution is 0.108. The molecule has 8 nitrogen and oxygen atoms in total. The fourth-order valence-electron chi connectivity index (χ4n) is 5.59. The van der Waals surface area contributed by atoms with Gasteiger partial charge in [-0.3, -0.25) is 9.69 Å². The van der Waals surface area contributed by atoms with Crippen LogP contribution in [0.15, 0.2) is 45.8 Å². The fourth-order valence-corrected chi connectivity index (χ4v) is 5.59. The summed E-state index contributed by atoms with van der Waals surface area (Å²) in [6.07, 6.45) is 8.26. The standard InChI is InChI=1S/C27H34N6O2/c1-4-8-25(26-29-30-31-33(26)17-22-11-7-12-35-22)32(21-9-5-6-10-21)16-20-15-23-19(3)13-18(2)14-24(23)28-27(20)34/h7,11-15,21,25H,4-6,8-10,16-17H2,1-3H3,(H,28,34)/t25-/m0/s1. The molecule has 3 heterocycles. The molecule has 0 aliphatic heterocycles.